The van der Waals surface area contributed by atoms with Crippen molar-refractivity contribution in [1.82, 2.24) is 5.32 Å². The van der Waals surface area contributed by atoms with Gasteiger partial charge in [-0.1, -0.05) is 136 Å². The van der Waals surface area contributed by atoms with Crippen LogP contribution in [0.1, 0.15) is 162 Å². The molecular formula is C28H60N2. The predicted molar refractivity (Wildman–Crippen MR) is 138 cm³/mol. The Labute approximate surface area is 191 Å². The zero-order valence-electron chi connectivity index (χ0n) is 21.3. The Balaban J connectivity index is 3.51. The second kappa shape index (κ2) is 27.0. The first kappa shape index (κ1) is 29.9. The van der Waals surface area contributed by atoms with E-state index >= 15 is 0 Å². The average Bonchev–Trinajstić information content (AvgIpc) is 2.76. The van der Waals surface area contributed by atoms with Crippen LogP contribution in [0.5, 0.6) is 0 Å². The fourth-order valence-electron chi connectivity index (χ4n) is 4.51. The van der Waals surface area contributed by atoms with E-state index in [0.29, 0.717) is 6.04 Å². The number of nitrogens with one attached hydrogen (secondary N) is 1. The number of nitrogens with two attached hydrogens (primary N) is 1. The molecule has 0 radical (unpaired) electrons. The number of hydrogen-bond donors (Lipinski definition) is 2. The molecule has 0 heterocycles. The second-order valence-electron chi connectivity index (χ2n) is 9.73. The van der Waals surface area contributed by atoms with Crippen LogP contribution >= 0.6 is 0 Å². The molecule has 2 nitrogen and oxygen atoms in total. The molecule has 0 fully saturated rings. The molecule has 3 N–H and O–H groups in total. The minimum absolute atomic E-state index is 0.709. The zero-order valence-corrected chi connectivity index (χ0v) is 21.3. The Bertz CT molecular complexity index is 292. The number of rotatable bonds is 26. The van der Waals surface area contributed by atoms with E-state index in [1.807, 2.05) is 0 Å². The van der Waals surface area contributed by atoms with Crippen LogP contribution in [-0.4, -0.2) is 19.1 Å². The molecule has 2 heteroatoms. The molecule has 1 unspecified atom stereocenters. The van der Waals surface area contributed by atoms with E-state index in [1.165, 1.54) is 154 Å². The molecule has 0 aliphatic carbocycles. The largest absolute Gasteiger partial charge is 0.330 e. The lowest BCUT2D eigenvalue weighted by Gasteiger charge is -2.18. The molecule has 0 saturated heterocycles. The Hall–Kier alpha value is -0.0800. The van der Waals surface area contributed by atoms with Crippen LogP contribution in [0.15, 0.2) is 0 Å². The molecule has 0 aliphatic rings. The third-order valence-electron chi connectivity index (χ3n) is 6.63. The van der Waals surface area contributed by atoms with Gasteiger partial charge < -0.3 is 11.1 Å². The van der Waals surface area contributed by atoms with Crippen LogP contribution in [0.2, 0.25) is 0 Å². The molecule has 0 saturated carbocycles. The van der Waals surface area contributed by atoms with Crippen LogP contribution in [0.4, 0.5) is 0 Å². The molecule has 0 amide bonds. The van der Waals surface area contributed by atoms with E-state index in [2.05, 4.69) is 19.2 Å². The maximum atomic E-state index is 5.76. The van der Waals surface area contributed by atoms with Crippen molar-refractivity contribution in [3.8, 4) is 0 Å². The van der Waals surface area contributed by atoms with Crippen LogP contribution in [0, 0.1) is 0 Å². The quantitative estimate of drug-likeness (QED) is 0.136. The van der Waals surface area contributed by atoms with E-state index in [1.54, 1.807) is 0 Å². The Morgan fingerprint density at radius 2 is 0.833 bits per heavy atom. The SMILES string of the molecule is CCCCCCCCCCCCNC(CCCN)CCCCCCCCCCCC. The first-order chi connectivity index (χ1) is 14.8. The molecule has 0 aliphatic heterocycles. The smallest absolute Gasteiger partial charge is 0.00675 e. The van der Waals surface area contributed by atoms with Crippen molar-refractivity contribution in [3.05, 3.63) is 0 Å². The van der Waals surface area contributed by atoms with Crippen LogP contribution in [0.3, 0.4) is 0 Å². The van der Waals surface area contributed by atoms with Gasteiger partial charge in [-0.2, -0.15) is 0 Å². The van der Waals surface area contributed by atoms with Gasteiger partial charge in [0.2, 0.25) is 0 Å². The molecule has 182 valence electrons. The van der Waals surface area contributed by atoms with Gasteiger partial charge in [0.25, 0.3) is 0 Å². The lowest BCUT2D eigenvalue weighted by atomic mass is 10.0. The summed E-state index contributed by atoms with van der Waals surface area (Å²) in [4.78, 5) is 0. The van der Waals surface area contributed by atoms with Crippen LogP contribution in [0.25, 0.3) is 0 Å². The fourth-order valence-corrected chi connectivity index (χ4v) is 4.51. The van der Waals surface area contributed by atoms with Crippen molar-refractivity contribution >= 4 is 0 Å². The van der Waals surface area contributed by atoms with E-state index < -0.39 is 0 Å². The standard InChI is InChI=1S/C28H60N2/c1-3-5-7-9-11-13-15-17-19-21-24-28(25-23-26-29)30-27-22-20-18-16-14-12-10-8-6-4-2/h28,30H,3-27,29H2,1-2H3. The average molecular weight is 425 g/mol. The summed E-state index contributed by atoms with van der Waals surface area (Å²) in [6.07, 6.45) is 32.4. The van der Waals surface area contributed by atoms with Crippen molar-refractivity contribution in [3.63, 3.8) is 0 Å². The lowest BCUT2D eigenvalue weighted by Crippen LogP contribution is -2.30. The highest BCUT2D eigenvalue weighted by atomic mass is 14.9. The summed E-state index contributed by atoms with van der Waals surface area (Å²) in [7, 11) is 0. The van der Waals surface area contributed by atoms with Crippen molar-refractivity contribution in [1.29, 1.82) is 0 Å². The zero-order chi connectivity index (χ0) is 22.0. The Kier molecular flexibility index (Phi) is 26.9. The van der Waals surface area contributed by atoms with E-state index in [4.69, 9.17) is 5.73 Å². The third kappa shape index (κ3) is 24.2. The van der Waals surface area contributed by atoms with E-state index in [0.717, 1.165) is 6.54 Å². The van der Waals surface area contributed by atoms with Gasteiger partial charge in [-0.05, 0) is 38.8 Å². The minimum Gasteiger partial charge on any atom is -0.330 e. The summed E-state index contributed by atoms with van der Waals surface area (Å²) in [6, 6.07) is 0.709. The Morgan fingerprint density at radius 1 is 0.467 bits per heavy atom. The van der Waals surface area contributed by atoms with Crippen molar-refractivity contribution in [2.75, 3.05) is 13.1 Å². The molecule has 0 bridgehead atoms. The summed E-state index contributed by atoms with van der Waals surface area (Å²) in [5.41, 5.74) is 5.76. The normalized spacial score (nSPS) is 12.5. The number of unbranched alkanes of at least 4 members (excludes halogenated alkanes) is 18. The molecule has 0 aromatic rings. The predicted octanol–water partition coefficient (Wildman–Crippen LogP) is 8.92. The van der Waals surface area contributed by atoms with Gasteiger partial charge in [0, 0.05) is 6.04 Å². The maximum absolute atomic E-state index is 5.76. The van der Waals surface area contributed by atoms with Gasteiger partial charge >= 0.3 is 0 Å². The third-order valence-corrected chi connectivity index (χ3v) is 6.63. The summed E-state index contributed by atoms with van der Waals surface area (Å²) in [6.45, 7) is 6.65. The van der Waals surface area contributed by atoms with Gasteiger partial charge in [0.15, 0.2) is 0 Å². The van der Waals surface area contributed by atoms with Gasteiger partial charge in [0.1, 0.15) is 0 Å². The fraction of sp³-hybridized carbons (Fsp3) is 1.00. The van der Waals surface area contributed by atoms with Crippen LogP contribution in [-0.2, 0) is 0 Å². The summed E-state index contributed by atoms with van der Waals surface area (Å²) in [5, 5.41) is 3.85. The van der Waals surface area contributed by atoms with E-state index in [9.17, 15) is 0 Å². The summed E-state index contributed by atoms with van der Waals surface area (Å²) >= 11 is 0. The second-order valence-corrected chi connectivity index (χ2v) is 9.73. The molecule has 0 rings (SSSR count). The first-order valence-corrected chi connectivity index (χ1v) is 14.3. The molecule has 0 aromatic carbocycles. The first-order valence-electron chi connectivity index (χ1n) is 14.3. The van der Waals surface area contributed by atoms with Gasteiger partial charge in [-0.3, -0.25) is 0 Å². The molecular weight excluding hydrogens is 364 g/mol. The highest BCUT2D eigenvalue weighted by Crippen LogP contribution is 2.14. The highest BCUT2D eigenvalue weighted by Gasteiger charge is 2.07. The monoisotopic (exact) mass is 424 g/mol. The van der Waals surface area contributed by atoms with E-state index in [-0.39, 0.29) is 0 Å². The van der Waals surface area contributed by atoms with Crippen molar-refractivity contribution < 1.29 is 0 Å². The molecule has 0 spiro atoms. The van der Waals surface area contributed by atoms with Crippen molar-refractivity contribution in [2.24, 2.45) is 5.73 Å². The van der Waals surface area contributed by atoms with Gasteiger partial charge in [0.05, 0.1) is 0 Å². The topological polar surface area (TPSA) is 38.0 Å². The van der Waals surface area contributed by atoms with Gasteiger partial charge in [-0.15, -0.1) is 0 Å². The lowest BCUT2D eigenvalue weighted by molar-refractivity contribution is 0.414. The van der Waals surface area contributed by atoms with Crippen molar-refractivity contribution in [2.45, 2.75) is 168 Å². The molecule has 1 atom stereocenters. The Morgan fingerprint density at radius 3 is 1.27 bits per heavy atom. The summed E-state index contributed by atoms with van der Waals surface area (Å²) in [5.74, 6) is 0. The van der Waals surface area contributed by atoms with Crippen LogP contribution < -0.4 is 11.1 Å². The maximum Gasteiger partial charge on any atom is 0.00675 e. The minimum atomic E-state index is 0.709. The summed E-state index contributed by atoms with van der Waals surface area (Å²) < 4.78 is 0. The molecule has 0 aromatic heterocycles. The molecule has 30 heavy (non-hydrogen) atoms. The highest BCUT2D eigenvalue weighted by molar-refractivity contribution is 4.68. The van der Waals surface area contributed by atoms with Gasteiger partial charge in [-0.25, -0.2) is 0 Å². The number of hydrogen-bond acceptors (Lipinski definition) is 2.